The lowest BCUT2D eigenvalue weighted by molar-refractivity contribution is -0.161. The minimum absolute atomic E-state index is 0.0316. The predicted molar refractivity (Wildman–Crippen MR) is 418 cm³/mol. The van der Waals surface area contributed by atoms with Crippen molar-refractivity contribution in [3.05, 3.63) is 134 Å². The van der Waals surface area contributed by atoms with Crippen molar-refractivity contribution in [3.8, 4) is 0 Å². The van der Waals surface area contributed by atoms with Crippen LogP contribution in [-0.2, 0) is 65.4 Å². The quantitative estimate of drug-likeness (QED) is 0.0169. The molecular formula is C83H140O17P2. The van der Waals surface area contributed by atoms with Gasteiger partial charge in [0, 0.05) is 25.7 Å². The number of aliphatic hydroxyl groups excluding tert-OH is 1. The molecule has 0 aromatic rings. The van der Waals surface area contributed by atoms with Crippen molar-refractivity contribution in [1.29, 1.82) is 0 Å². The zero-order valence-electron chi connectivity index (χ0n) is 63.7. The number of hydrogen-bond donors (Lipinski definition) is 3. The summed E-state index contributed by atoms with van der Waals surface area (Å²) in [5.41, 5.74) is 0. The maximum absolute atomic E-state index is 13.1. The summed E-state index contributed by atoms with van der Waals surface area (Å²) < 4.78 is 68.4. The Labute approximate surface area is 618 Å². The lowest BCUT2D eigenvalue weighted by Gasteiger charge is -2.21. The van der Waals surface area contributed by atoms with Crippen LogP contribution >= 0.6 is 15.6 Å². The minimum Gasteiger partial charge on any atom is -0.462 e. The molecule has 0 fully saturated rings. The molecule has 102 heavy (non-hydrogen) atoms. The number of ether oxygens (including phenoxy) is 4. The summed E-state index contributed by atoms with van der Waals surface area (Å²) in [5.74, 6) is -2.31. The summed E-state index contributed by atoms with van der Waals surface area (Å²) in [7, 11) is -9.99. The third-order valence-corrected chi connectivity index (χ3v) is 18.0. The first kappa shape index (κ1) is 97.2. The van der Waals surface area contributed by atoms with Crippen LogP contribution in [0.4, 0.5) is 0 Å². The summed E-state index contributed by atoms with van der Waals surface area (Å²) in [6.45, 7) is 4.57. The number of aliphatic hydroxyl groups is 1. The molecule has 584 valence electrons. The van der Waals surface area contributed by atoms with E-state index in [4.69, 9.17) is 37.0 Å². The van der Waals surface area contributed by atoms with E-state index in [9.17, 15) is 43.2 Å². The molecule has 0 aromatic heterocycles. The van der Waals surface area contributed by atoms with Crippen LogP contribution in [0.1, 0.15) is 310 Å². The van der Waals surface area contributed by atoms with Gasteiger partial charge in [-0.05, 0) is 154 Å². The largest absolute Gasteiger partial charge is 0.472 e. The van der Waals surface area contributed by atoms with Crippen molar-refractivity contribution in [2.24, 2.45) is 0 Å². The first-order valence-electron chi connectivity index (χ1n) is 39.4. The van der Waals surface area contributed by atoms with Crippen LogP contribution in [0.3, 0.4) is 0 Å². The molecule has 19 heteroatoms. The topological polar surface area (TPSA) is 237 Å². The molecule has 5 unspecified atom stereocenters. The van der Waals surface area contributed by atoms with E-state index in [1.165, 1.54) is 64.2 Å². The van der Waals surface area contributed by atoms with E-state index in [0.29, 0.717) is 32.1 Å². The zero-order valence-corrected chi connectivity index (χ0v) is 65.5. The Morgan fingerprint density at radius 1 is 0.284 bits per heavy atom. The highest BCUT2D eigenvalue weighted by atomic mass is 31.2. The Morgan fingerprint density at radius 3 is 0.873 bits per heavy atom. The van der Waals surface area contributed by atoms with Crippen molar-refractivity contribution >= 4 is 39.5 Å². The molecule has 0 saturated heterocycles. The first-order chi connectivity index (χ1) is 49.7. The van der Waals surface area contributed by atoms with Gasteiger partial charge >= 0.3 is 39.5 Å². The highest BCUT2D eigenvalue weighted by Gasteiger charge is 2.30. The number of rotatable bonds is 73. The molecule has 0 rings (SSSR count). The van der Waals surface area contributed by atoms with Crippen LogP contribution in [0.2, 0.25) is 0 Å². The second kappa shape index (κ2) is 74.5. The Bertz CT molecular complexity index is 2460. The number of unbranched alkanes of at least 4 members (excludes halogenated alkanes) is 25. The molecule has 0 spiro atoms. The highest BCUT2D eigenvalue weighted by molar-refractivity contribution is 7.47. The first-order valence-corrected chi connectivity index (χ1v) is 42.4. The van der Waals surface area contributed by atoms with Crippen molar-refractivity contribution < 1.29 is 80.2 Å². The van der Waals surface area contributed by atoms with Gasteiger partial charge < -0.3 is 33.8 Å². The number of phosphoric acid groups is 2. The molecule has 17 nitrogen and oxygen atoms in total. The Kier molecular flexibility index (Phi) is 71.0. The van der Waals surface area contributed by atoms with Gasteiger partial charge in [-0.15, -0.1) is 0 Å². The SMILES string of the molecule is CC/C=C\C/C=C\C/C=C\C/C=C\C/C=C\C/C=C\CCC(=O)OCC(COP(=O)(O)OCC(O)COP(=O)(O)OCC(COC(=O)CCCCCCC/C=C\C/C=C\CCCCC)OC(=O)CCCCCCC/C=C\C/C=C\CCCCC)OC(=O)CCCCCCC/C=C\CCCCCC. The van der Waals surface area contributed by atoms with E-state index < -0.39 is 97.5 Å². The lowest BCUT2D eigenvalue weighted by Crippen LogP contribution is -2.30. The molecule has 0 radical (unpaired) electrons. The Hall–Kier alpha value is -4.80. The molecule has 3 N–H and O–H groups in total. The Morgan fingerprint density at radius 2 is 0.529 bits per heavy atom. The average molecular weight is 1470 g/mol. The monoisotopic (exact) mass is 1470 g/mol. The molecule has 0 aromatic carbocycles. The molecule has 0 aliphatic rings. The highest BCUT2D eigenvalue weighted by Crippen LogP contribution is 2.45. The van der Waals surface area contributed by atoms with Crippen LogP contribution in [0.15, 0.2) is 134 Å². The molecule has 0 aliphatic heterocycles. The van der Waals surface area contributed by atoms with Crippen molar-refractivity contribution in [2.45, 2.75) is 329 Å². The van der Waals surface area contributed by atoms with Crippen molar-refractivity contribution in [3.63, 3.8) is 0 Å². The Balaban J connectivity index is 5.44. The second-order valence-corrected chi connectivity index (χ2v) is 28.8. The third kappa shape index (κ3) is 73.5. The molecule has 0 amide bonds. The lowest BCUT2D eigenvalue weighted by atomic mass is 10.1. The van der Waals surface area contributed by atoms with Crippen molar-refractivity contribution in [2.75, 3.05) is 39.6 Å². The number of esters is 4. The van der Waals surface area contributed by atoms with E-state index in [1.807, 2.05) is 18.2 Å². The molecule has 5 atom stereocenters. The van der Waals surface area contributed by atoms with Crippen LogP contribution in [0.5, 0.6) is 0 Å². The van der Waals surface area contributed by atoms with E-state index in [0.717, 1.165) is 161 Å². The van der Waals surface area contributed by atoms with Gasteiger partial charge in [0.05, 0.1) is 26.4 Å². The van der Waals surface area contributed by atoms with Gasteiger partial charge in [0.1, 0.15) is 19.3 Å². The van der Waals surface area contributed by atoms with E-state index in [2.05, 4.69) is 143 Å². The van der Waals surface area contributed by atoms with Gasteiger partial charge in [0.2, 0.25) is 0 Å². The smallest absolute Gasteiger partial charge is 0.462 e. The average Bonchev–Trinajstić information content (AvgIpc) is 0.908. The van der Waals surface area contributed by atoms with Gasteiger partial charge in [-0.2, -0.15) is 0 Å². The maximum Gasteiger partial charge on any atom is 0.472 e. The fraction of sp³-hybridized carbons (Fsp3) is 0.687. The van der Waals surface area contributed by atoms with Crippen LogP contribution < -0.4 is 0 Å². The van der Waals surface area contributed by atoms with Crippen molar-refractivity contribution in [1.82, 2.24) is 0 Å². The molecule has 0 saturated carbocycles. The number of carbonyl (C=O) groups is 4. The summed E-state index contributed by atoms with van der Waals surface area (Å²) in [5, 5.41) is 10.6. The number of hydrogen-bond acceptors (Lipinski definition) is 15. The summed E-state index contributed by atoms with van der Waals surface area (Å²) in [6.07, 6.45) is 83.0. The van der Waals surface area contributed by atoms with E-state index >= 15 is 0 Å². The number of allylic oxidation sites excluding steroid dienone is 22. The standard InChI is InChI=1S/C83H140O17P2/c1-5-9-13-17-21-25-29-33-36-37-38-39-42-45-48-52-56-60-64-68-81(86)94-73-78(99-82(87)69-65-61-57-53-49-43-32-28-24-20-16-12-8-4)75-97-101(89,90)95-71-77(84)72-96-102(91,92)98-76-79(100-83(88)70-66-62-58-54-50-46-41-35-31-27-23-19-15-11-7-3)74-93-80(85)67-63-59-55-51-47-44-40-34-30-26-22-18-14-10-6-2/h9,13,21-23,25-28,32-36,38-41,45,48,56,60,77-79,84H,5-8,10-12,14-20,24,29-31,37,42-44,46-47,49-55,57-59,61-76H2,1-4H3,(H,89,90)(H,91,92)/b13-9-,25-21-,26-22-,27-23-,32-28-,36-33-,39-38-,40-34-,41-35-,48-45-,60-56-. The van der Waals surface area contributed by atoms with Gasteiger partial charge in [-0.25, -0.2) is 9.13 Å². The predicted octanol–water partition coefficient (Wildman–Crippen LogP) is 22.9. The van der Waals surface area contributed by atoms with Gasteiger partial charge in [0.15, 0.2) is 12.2 Å². The second-order valence-electron chi connectivity index (χ2n) is 25.9. The maximum atomic E-state index is 13.1. The minimum atomic E-state index is -5.00. The summed E-state index contributed by atoms with van der Waals surface area (Å²) in [6, 6.07) is 0. The van der Waals surface area contributed by atoms with E-state index in [-0.39, 0.29) is 25.7 Å². The van der Waals surface area contributed by atoms with E-state index in [1.54, 1.807) is 0 Å². The molecular weight excluding hydrogens is 1330 g/mol. The number of carbonyl (C=O) groups excluding carboxylic acids is 4. The summed E-state index contributed by atoms with van der Waals surface area (Å²) >= 11 is 0. The fourth-order valence-corrected chi connectivity index (χ4v) is 11.6. The van der Waals surface area contributed by atoms with Crippen LogP contribution in [0.25, 0.3) is 0 Å². The van der Waals surface area contributed by atoms with Crippen LogP contribution in [0, 0.1) is 0 Å². The molecule has 0 bridgehead atoms. The van der Waals surface area contributed by atoms with Gasteiger partial charge in [-0.3, -0.25) is 37.3 Å². The fourth-order valence-electron chi connectivity index (χ4n) is 10.1. The number of phosphoric ester groups is 2. The summed E-state index contributed by atoms with van der Waals surface area (Å²) in [4.78, 5) is 72.9. The van der Waals surface area contributed by atoms with Gasteiger partial charge in [0.25, 0.3) is 0 Å². The zero-order chi connectivity index (χ0) is 74.6. The normalized spacial score (nSPS) is 14.6. The molecule has 0 heterocycles. The van der Waals surface area contributed by atoms with Gasteiger partial charge in [-0.1, -0.05) is 264 Å². The molecule has 0 aliphatic carbocycles. The van der Waals surface area contributed by atoms with Crippen LogP contribution in [-0.4, -0.2) is 96.7 Å². The third-order valence-electron chi connectivity index (χ3n) is 16.1.